The maximum atomic E-state index is 5.90. The number of benzene rings is 1. The van der Waals surface area contributed by atoms with Gasteiger partial charge in [-0.15, -0.1) is 11.3 Å². The summed E-state index contributed by atoms with van der Waals surface area (Å²) in [5.74, 6) is 0.864. The van der Waals surface area contributed by atoms with Crippen LogP contribution in [0.4, 0.5) is 5.13 Å². The van der Waals surface area contributed by atoms with Crippen LogP contribution >= 0.6 is 11.3 Å². The number of anilines is 1. The van der Waals surface area contributed by atoms with Crippen molar-refractivity contribution in [1.82, 2.24) is 9.88 Å². The van der Waals surface area contributed by atoms with Gasteiger partial charge in [0.15, 0.2) is 5.13 Å². The number of nitrogens with two attached hydrogens (primary N) is 1. The molecule has 3 rings (SSSR count). The second-order valence-corrected chi connectivity index (χ2v) is 6.18. The summed E-state index contributed by atoms with van der Waals surface area (Å²) < 4.78 is 11.2. The van der Waals surface area contributed by atoms with Crippen LogP contribution in [0, 0.1) is 0 Å². The first kappa shape index (κ1) is 14.3. The second kappa shape index (κ2) is 6.43. The molecule has 0 bridgehead atoms. The van der Waals surface area contributed by atoms with Crippen molar-refractivity contribution in [2.45, 2.75) is 12.6 Å². The molecular weight excluding hydrogens is 286 g/mol. The Hall–Kier alpha value is -1.63. The third-order valence-corrected chi connectivity index (χ3v) is 4.38. The van der Waals surface area contributed by atoms with Crippen LogP contribution in [0.3, 0.4) is 0 Å². The van der Waals surface area contributed by atoms with Crippen molar-refractivity contribution < 1.29 is 9.47 Å². The average molecular weight is 305 g/mol. The molecule has 1 aromatic carbocycles. The molecule has 0 aliphatic carbocycles. The molecule has 2 heterocycles. The molecule has 1 atom stereocenters. The zero-order valence-electron chi connectivity index (χ0n) is 12.0. The van der Waals surface area contributed by atoms with Crippen LogP contribution in [0.25, 0.3) is 0 Å². The van der Waals surface area contributed by atoms with E-state index in [1.54, 1.807) is 18.4 Å². The van der Waals surface area contributed by atoms with Crippen molar-refractivity contribution in [2.24, 2.45) is 0 Å². The zero-order chi connectivity index (χ0) is 14.7. The number of hydrogen-bond donors (Lipinski definition) is 1. The van der Waals surface area contributed by atoms with E-state index >= 15 is 0 Å². The standard InChI is InChI=1S/C15H19N3O2S/c1-19-12-4-2-3-11(7-12)14-10-18(5-6-20-14)9-13-8-17-15(16)21-13/h2-4,7-8,14H,5-6,9-10H2,1H3,(H2,16,17). The Morgan fingerprint density at radius 1 is 1.52 bits per heavy atom. The molecule has 0 spiro atoms. The van der Waals surface area contributed by atoms with Gasteiger partial charge in [-0.25, -0.2) is 4.98 Å². The summed E-state index contributed by atoms with van der Waals surface area (Å²) in [5.41, 5.74) is 6.84. The molecule has 1 aliphatic heterocycles. The number of nitrogen functional groups attached to an aromatic ring is 1. The van der Waals surface area contributed by atoms with E-state index in [0.29, 0.717) is 5.13 Å². The van der Waals surface area contributed by atoms with Crippen LogP contribution in [-0.4, -0.2) is 36.7 Å². The molecule has 2 N–H and O–H groups in total. The number of morpholine rings is 1. The Morgan fingerprint density at radius 2 is 2.43 bits per heavy atom. The predicted octanol–water partition coefficient (Wildman–Crippen LogP) is 2.31. The molecule has 112 valence electrons. The highest BCUT2D eigenvalue weighted by molar-refractivity contribution is 7.15. The summed E-state index contributed by atoms with van der Waals surface area (Å²) in [7, 11) is 1.68. The van der Waals surface area contributed by atoms with Crippen LogP contribution in [0.1, 0.15) is 16.5 Å². The van der Waals surface area contributed by atoms with Crippen LogP contribution in [0.2, 0.25) is 0 Å². The van der Waals surface area contributed by atoms with Gasteiger partial charge in [0.05, 0.1) is 19.8 Å². The van der Waals surface area contributed by atoms with Crippen molar-refractivity contribution in [3.05, 3.63) is 40.9 Å². The highest BCUT2D eigenvalue weighted by atomic mass is 32.1. The Labute approximate surface area is 128 Å². The summed E-state index contributed by atoms with van der Waals surface area (Å²) in [5, 5.41) is 0.627. The molecule has 21 heavy (non-hydrogen) atoms. The van der Waals surface area contributed by atoms with Gasteiger partial charge in [-0.05, 0) is 17.7 Å². The Bertz CT molecular complexity index is 602. The molecule has 0 amide bonds. The lowest BCUT2D eigenvalue weighted by Gasteiger charge is -2.32. The molecule has 2 aromatic rings. The Morgan fingerprint density at radius 3 is 3.19 bits per heavy atom. The van der Waals surface area contributed by atoms with Crippen LogP contribution in [0.5, 0.6) is 5.75 Å². The van der Waals surface area contributed by atoms with E-state index in [-0.39, 0.29) is 6.10 Å². The molecule has 1 fully saturated rings. The van der Waals surface area contributed by atoms with Crippen molar-refractivity contribution in [3.63, 3.8) is 0 Å². The molecule has 1 saturated heterocycles. The maximum Gasteiger partial charge on any atom is 0.180 e. The van der Waals surface area contributed by atoms with E-state index in [4.69, 9.17) is 15.2 Å². The minimum Gasteiger partial charge on any atom is -0.497 e. The molecule has 6 heteroatoms. The summed E-state index contributed by atoms with van der Waals surface area (Å²) >= 11 is 1.55. The lowest BCUT2D eigenvalue weighted by molar-refractivity contribution is -0.0327. The third kappa shape index (κ3) is 3.53. The largest absolute Gasteiger partial charge is 0.497 e. The van der Waals surface area contributed by atoms with Gasteiger partial charge < -0.3 is 15.2 Å². The minimum atomic E-state index is 0.0825. The number of aromatic nitrogens is 1. The second-order valence-electron chi connectivity index (χ2n) is 5.04. The smallest absolute Gasteiger partial charge is 0.180 e. The molecular formula is C15H19N3O2S. The van der Waals surface area contributed by atoms with Gasteiger partial charge in [-0.1, -0.05) is 12.1 Å². The molecule has 0 saturated carbocycles. The molecule has 1 aliphatic rings. The van der Waals surface area contributed by atoms with Crippen molar-refractivity contribution in [3.8, 4) is 5.75 Å². The van der Waals surface area contributed by atoms with Gasteiger partial charge in [0.1, 0.15) is 5.75 Å². The van der Waals surface area contributed by atoms with Gasteiger partial charge in [0.2, 0.25) is 0 Å². The summed E-state index contributed by atoms with van der Waals surface area (Å²) in [6.45, 7) is 3.40. The van der Waals surface area contributed by atoms with Crippen LogP contribution in [0.15, 0.2) is 30.5 Å². The van der Waals surface area contributed by atoms with E-state index in [2.05, 4.69) is 16.0 Å². The molecule has 1 unspecified atom stereocenters. The fraction of sp³-hybridized carbons (Fsp3) is 0.400. The highest BCUT2D eigenvalue weighted by Gasteiger charge is 2.22. The lowest BCUT2D eigenvalue weighted by Crippen LogP contribution is -2.37. The number of methoxy groups -OCH3 is 1. The summed E-state index contributed by atoms with van der Waals surface area (Å²) in [6, 6.07) is 8.07. The first-order valence-corrected chi connectivity index (χ1v) is 7.74. The fourth-order valence-corrected chi connectivity index (χ4v) is 3.23. The summed E-state index contributed by atoms with van der Waals surface area (Å²) in [4.78, 5) is 7.67. The van der Waals surface area contributed by atoms with Crippen molar-refractivity contribution in [2.75, 3.05) is 32.5 Å². The van der Waals surface area contributed by atoms with Crippen LogP contribution < -0.4 is 10.5 Å². The third-order valence-electron chi connectivity index (χ3n) is 3.57. The first-order chi connectivity index (χ1) is 10.2. The van der Waals surface area contributed by atoms with Crippen molar-refractivity contribution in [1.29, 1.82) is 0 Å². The number of hydrogen-bond acceptors (Lipinski definition) is 6. The van der Waals surface area contributed by atoms with Gasteiger partial charge in [-0.3, -0.25) is 4.90 Å². The van der Waals surface area contributed by atoms with Gasteiger partial charge in [0.25, 0.3) is 0 Å². The van der Waals surface area contributed by atoms with Gasteiger partial charge in [0, 0.05) is 30.7 Å². The maximum absolute atomic E-state index is 5.90. The topological polar surface area (TPSA) is 60.6 Å². The van der Waals surface area contributed by atoms with Gasteiger partial charge >= 0.3 is 0 Å². The monoisotopic (exact) mass is 305 g/mol. The number of ether oxygens (including phenoxy) is 2. The van der Waals surface area contributed by atoms with E-state index in [1.807, 2.05) is 24.4 Å². The highest BCUT2D eigenvalue weighted by Crippen LogP contribution is 2.27. The average Bonchev–Trinajstić information content (AvgIpc) is 2.93. The van der Waals surface area contributed by atoms with Crippen LogP contribution in [-0.2, 0) is 11.3 Å². The van der Waals surface area contributed by atoms with Crippen molar-refractivity contribution >= 4 is 16.5 Å². The van der Waals surface area contributed by atoms with E-state index in [1.165, 1.54) is 4.88 Å². The summed E-state index contributed by atoms with van der Waals surface area (Å²) in [6.07, 6.45) is 1.94. The minimum absolute atomic E-state index is 0.0825. The van der Waals surface area contributed by atoms with E-state index < -0.39 is 0 Å². The molecule has 5 nitrogen and oxygen atoms in total. The number of rotatable bonds is 4. The SMILES string of the molecule is COc1cccc(C2CN(Cc3cnc(N)s3)CCO2)c1. The predicted molar refractivity (Wildman–Crippen MR) is 83.5 cm³/mol. The van der Waals surface area contributed by atoms with E-state index in [0.717, 1.165) is 37.6 Å². The fourth-order valence-electron chi connectivity index (χ4n) is 2.51. The quantitative estimate of drug-likeness (QED) is 0.939. The van der Waals surface area contributed by atoms with E-state index in [9.17, 15) is 0 Å². The normalized spacial score (nSPS) is 19.6. The van der Waals surface area contributed by atoms with Gasteiger partial charge in [-0.2, -0.15) is 0 Å². The first-order valence-electron chi connectivity index (χ1n) is 6.92. The number of nitrogens with zero attached hydrogens (tertiary/aromatic N) is 2. The Balaban J connectivity index is 1.67. The molecule has 0 radical (unpaired) electrons. The Kier molecular flexibility index (Phi) is 4.38. The number of thiazole rings is 1. The molecule has 1 aromatic heterocycles. The lowest BCUT2D eigenvalue weighted by atomic mass is 10.1. The zero-order valence-corrected chi connectivity index (χ0v) is 12.8.